The number of likely N-dealkylation sites (tertiary alicyclic amines) is 1. The second-order valence-electron chi connectivity index (χ2n) is 10.4. The molecular weight excluding hydrogens is 462 g/mol. The summed E-state index contributed by atoms with van der Waals surface area (Å²) in [7, 11) is 2.18. The Morgan fingerprint density at radius 1 is 0.811 bits per heavy atom. The molecule has 2 aliphatic heterocycles. The minimum Gasteiger partial charge on any atom is -0.367 e. The number of hydrogen-bond acceptors (Lipinski definition) is 7. The molecule has 9 nitrogen and oxygen atoms in total. The number of anilines is 1. The zero-order chi connectivity index (χ0) is 24.8. The second-order valence-corrected chi connectivity index (χ2v) is 10.4. The van der Waals surface area contributed by atoms with E-state index in [4.69, 9.17) is 4.98 Å². The van der Waals surface area contributed by atoms with E-state index in [0.29, 0.717) is 0 Å². The quantitative estimate of drug-likeness (QED) is 0.383. The third-order valence-corrected chi connectivity index (χ3v) is 7.77. The maximum absolute atomic E-state index is 4.69. The number of nitrogens with one attached hydrogen (secondary N) is 2. The SMILES string of the molecule is CN1CCN(c2cncc3[nH]c(-c4n[nH]c5ncc(-c6cncc(CN7CCCC7)c6)cc45)cc23)CC1. The number of hydrogen-bond donors (Lipinski definition) is 2. The highest BCUT2D eigenvalue weighted by atomic mass is 15.3. The lowest BCUT2D eigenvalue weighted by molar-refractivity contribution is 0.313. The maximum atomic E-state index is 4.69. The van der Waals surface area contributed by atoms with Gasteiger partial charge in [-0.3, -0.25) is 20.0 Å². The van der Waals surface area contributed by atoms with Crippen LogP contribution in [-0.2, 0) is 6.54 Å². The first-order chi connectivity index (χ1) is 18.2. The number of aromatic amines is 2. The predicted molar refractivity (Wildman–Crippen MR) is 146 cm³/mol. The van der Waals surface area contributed by atoms with E-state index in [1.54, 1.807) is 0 Å². The van der Waals surface area contributed by atoms with Gasteiger partial charge in [0.2, 0.25) is 0 Å². The molecule has 5 aromatic rings. The highest BCUT2D eigenvalue weighted by Crippen LogP contribution is 2.34. The van der Waals surface area contributed by atoms with Crippen molar-refractivity contribution < 1.29 is 0 Å². The van der Waals surface area contributed by atoms with E-state index in [0.717, 1.165) is 71.8 Å². The van der Waals surface area contributed by atoms with Gasteiger partial charge in [0.1, 0.15) is 5.69 Å². The minimum absolute atomic E-state index is 0.774. The first-order valence-electron chi connectivity index (χ1n) is 13.1. The van der Waals surface area contributed by atoms with Crippen LogP contribution in [0.15, 0.2) is 49.2 Å². The van der Waals surface area contributed by atoms with Crippen molar-refractivity contribution in [3.8, 4) is 22.5 Å². The van der Waals surface area contributed by atoms with E-state index < -0.39 is 0 Å². The van der Waals surface area contributed by atoms with Crippen molar-refractivity contribution in [2.45, 2.75) is 19.4 Å². The number of aromatic nitrogens is 6. The Labute approximate surface area is 215 Å². The number of piperazine rings is 1. The Kier molecular flexibility index (Phi) is 5.59. The number of nitrogens with zero attached hydrogens (tertiary/aromatic N) is 7. The molecule has 0 unspecified atom stereocenters. The van der Waals surface area contributed by atoms with E-state index in [9.17, 15) is 0 Å². The molecule has 9 heteroatoms. The van der Waals surface area contributed by atoms with Gasteiger partial charge in [-0.15, -0.1) is 0 Å². The molecule has 5 aromatic heterocycles. The van der Waals surface area contributed by atoms with Crippen molar-refractivity contribution in [3.05, 3.63) is 54.7 Å². The lowest BCUT2D eigenvalue weighted by atomic mass is 10.1. The Morgan fingerprint density at radius 2 is 1.62 bits per heavy atom. The zero-order valence-electron chi connectivity index (χ0n) is 21.1. The molecule has 37 heavy (non-hydrogen) atoms. The Hall–Kier alpha value is -3.82. The molecule has 7 heterocycles. The molecule has 0 amide bonds. The fourth-order valence-electron chi connectivity index (χ4n) is 5.66. The molecule has 2 N–H and O–H groups in total. The molecule has 0 saturated carbocycles. The normalized spacial score (nSPS) is 17.4. The fraction of sp³-hybridized carbons (Fsp3) is 0.357. The van der Waals surface area contributed by atoms with E-state index in [-0.39, 0.29) is 0 Å². The Morgan fingerprint density at radius 3 is 2.49 bits per heavy atom. The highest BCUT2D eigenvalue weighted by Gasteiger charge is 2.20. The summed E-state index contributed by atoms with van der Waals surface area (Å²) in [6.45, 7) is 7.41. The van der Waals surface area contributed by atoms with Gasteiger partial charge in [0.15, 0.2) is 5.65 Å². The number of rotatable bonds is 5. The van der Waals surface area contributed by atoms with E-state index in [1.807, 2.05) is 31.0 Å². The van der Waals surface area contributed by atoms with Crippen molar-refractivity contribution in [3.63, 3.8) is 0 Å². The molecule has 0 aromatic carbocycles. The molecule has 2 saturated heterocycles. The average molecular weight is 494 g/mol. The zero-order valence-corrected chi connectivity index (χ0v) is 21.1. The summed E-state index contributed by atoms with van der Waals surface area (Å²) in [4.78, 5) is 24.6. The lowest BCUT2D eigenvalue weighted by Gasteiger charge is -2.34. The summed E-state index contributed by atoms with van der Waals surface area (Å²) >= 11 is 0. The minimum atomic E-state index is 0.774. The van der Waals surface area contributed by atoms with Gasteiger partial charge in [0.25, 0.3) is 0 Å². The highest BCUT2D eigenvalue weighted by molar-refractivity contribution is 5.99. The van der Waals surface area contributed by atoms with Crippen LogP contribution in [0.2, 0.25) is 0 Å². The predicted octanol–water partition coefficient (Wildman–Crippen LogP) is 3.91. The summed E-state index contributed by atoms with van der Waals surface area (Å²) in [6, 6.07) is 6.61. The summed E-state index contributed by atoms with van der Waals surface area (Å²) in [6.07, 6.45) is 12.3. The van der Waals surface area contributed by atoms with Crippen LogP contribution in [0, 0.1) is 0 Å². The number of H-pyrrole nitrogens is 2. The molecule has 188 valence electrons. The average Bonchev–Trinajstić information content (AvgIpc) is 3.68. The van der Waals surface area contributed by atoms with Crippen LogP contribution in [0.1, 0.15) is 18.4 Å². The van der Waals surface area contributed by atoms with Gasteiger partial charge < -0.3 is 14.8 Å². The van der Waals surface area contributed by atoms with Gasteiger partial charge in [-0.05, 0) is 56.7 Å². The van der Waals surface area contributed by atoms with Crippen molar-refractivity contribution in [1.29, 1.82) is 0 Å². The van der Waals surface area contributed by atoms with Crippen LogP contribution in [0.4, 0.5) is 5.69 Å². The largest absolute Gasteiger partial charge is 0.367 e. The van der Waals surface area contributed by atoms with E-state index in [1.165, 1.54) is 42.6 Å². The third-order valence-electron chi connectivity index (χ3n) is 7.77. The molecule has 2 fully saturated rings. The lowest BCUT2D eigenvalue weighted by Crippen LogP contribution is -2.44. The fourth-order valence-corrected chi connectivity index (χ4v) is 5.66. The number of fused-ring (bicyclic) bond motifs is 2. The van der Waals surface area contributed by atoms with Gasteiger partial charge in [-0.1, -0.05) is 0 Å². The molecule has 0 bridgehead atoms. The van der Waals surface area contributed by atoms with Crippen LogP contribution >= 0.6 is 0 Å². The van der Waals surface area contributed by atoms with Crippen LogP contribution < -0.4 is 4.90 Å². The van der Waals surface area contributed by atoms with E-state index in [2.05, 4.69) is 65.1 Å². The molecule has 2 aliphatic rings. The summed E-state index contributed by atoms with van der Waals surface area (Å²) in [5.41, 5.74) is 8.16. The third kappa shape index (κ3) is 4.24. The Bertz CT molecular complexity index is 1550. The summed E-state index contributed by atoms with van der Waals surface area (Å²) < 4.78 is 0. The van der Waals surface area contributed by atoms with Crippen molar-refractivity contribution in [2.75, 3.05) is 51.2 Å². The monoisotopic (exact) mass is 493 g/mol. The standard InChI is InChI=1S/C28H31N9/c1-35-6-8-37(9-7-35)26-17-30-16-25-22(26)12-24(32-25)27-23-11-21(15-31-28(23)34-33-27)20-10-19(13-29-14-20)18-36-4-2-3-5-36/h10-17,32H,2-9,18H2,1H3,(H,31,33,34). The van der Waals surface area contributed by atoms with Gasteiger partial charge in [-0.25, -0.2) is 4.98 Å². The molecular formula is C28H31N9. The van der Waals surface area contributed by atoms with Gasteiger partial charge in [0.05, 0.1) is 29.3 Å². The van der Waals surface area contributed by atoms with Gasteiger partial charge in [0, 0.05) is 73.2 Å². The molecule has 0 atom stereocenters. The number of pyridine rings is 3. The topological polar surface area (TPSA) is 92.9 Å². The molecule has 0 radical (unpaired) electrons. The van der Waals surface area contributed by atoms with Crippen LogP contribution in [0.5, 0.6) is 0 Å². The molecule has 0 spiro atoms. The van der Waals surface area contributed by atoms with Gasteiger partial charge >= 0.3 is 0 Å². The van der Waals surface area contributed by atoms with Crippen molar-refractivity contribution in [2.24, 2.45) is 0 Å². The van der Waals surface area contributed by atoms with E-state index >= 15 is 0 Å². The first kappa shape index (κ1) is 22.4. The van der Waals surface area contributed by atoms with Crippen LogP contribution in [-0.4, -0.2) is 86.2 Å². The maximum Gasteiger partial charge on any atom is 0.155 e. The smallest absolute Gasteiger partial charge is 0.155 e. The van der Waals surface area contributed by atoms with Crippen molar-refractivity contribution >= 4 is 27.6 Å². The van der Waals surface area contributed by atoms with Crippen LogP contribution in [0.3, 0.4) is 0 Å². The summed E-state index contributed by atoms with van der Waals surface area (Å²) in [5.74, 6) is 0. The number of likely N-dealkylation sites (N-methyl/N-ethyl adjacent to an activating group) is 1. The van der Waals surface area contributed by atoms with Crippen molar-refractivity contribution in [1.82, 2.24) is 39.9 Å². The summed E-state index contributed by atoms with van der Waals surface area (Å²) in [5, 5.41) is 9.93. The van der Waals surface area contributed by atoms with Crippen LogP contribution in [0.25, 0.3) is 44.5 Å². The molecule has 7 rings (SSSR count). The molecule has 0 aliphatic carbocycles. The second kappa shape index (κ2) is 9.24. The first-order valence-corrected chi connectivity index (χ1v) is 13.1. The Balaban J connectivity index is 1.24. The van der Waals surface area contributed by atoms with Gasteiger partial charge in [-0.2, -0.15) is 5.10 Å².